The van der Waals surface area contributed by atoms with Crippen molar-refractivity contribution in [3.8, 4) is 5.75 Å². The summed E-state index contributed by atoms with van der Waals surface area (Å²) in [5.74, 6) is 0.283. The lowest BCUT2D eigenvalue weighted by Gasteiger charge is -2.26. The molecule has 28 heavy (non-hydrogen) atoms. The van der Waals surface area contributed by atoms with E-state index in [1.165, 1.54) is 10.4 Å². The molecule has 2 aromatic carbocycles. The van der Waals surface area contributed by atoms with Crippen LogP contribution in [-0.2, 0) is 14.8 Å². The molecule has 0 bridgehead atoms. The first-order chi connectivity index (χ1) is 13.4. The topological polar surface area (TPSA) is 75.7 Å². The minimum atomic E-state index is -3.55. The van der Waals surface area contributed by atoms with E-state index in [1.54, 1.807) is 18.2 Å². The number of anilines is 1. The van der Waals surface area contributed by atoms with E-state index < -0.39 is 10.0 Å². The van der Waals surface area contributed by atoms with Crippen molar-refractivity contribution in [2.45, 2.75) is 38.0 Å². The Bertz CT molecular complexity index is 951. The Morgan fingerprint density at radius 1 is 1.07 bits per heavy atom. The van der Waals surface area contributed by atoms with E-state index in [0.717, 1.165) is 30.4 Å². The fourth-order valence-corrected chi connectivity index (χ4v) is 4.73. The van der Waals surface area contributed by atoms with Crippen LogP contribution in [0.3, 0.4) is 0 Å². The summed E-state index contributed by atoms with van der Waals surface area (Å²) < 4.78 is 32.8. The van der Waals surface area contributed by atoms with Gasteiger partial charge in [0.2, 0.25) is 10.0 Å². The van der Waals surface area contributed by atoms with Crippen molar-refractivity contribution in [3.05, 3.63) is 53.6 Å². The van der Waals surface area contributed by atoms with Crippen molar-refractivity contribution in [1.29, 1.82) is 0 Å². The molecule has 2 aromatic rings. The predicted molar refractivity (Wildman–Crippen MR) is 109 cm³/mol. The number of rotatable bonds is 6. The molecule has 1 heterocycles. The van der Waals surface area contributed by atoms with E-state index in [-0.39, 0.29) is 17.4 Å². The second-order valence-corrected chi connectivity index (χ2v) is 9.03. The number of piperidine rings is 1. The molecule has 1 amide bonds. The zero-order chi connectivity index (χ0) is 20.1. The highest BCUT2D eigenvalue weighted by Gasteiger charge is 2.26. The average Bonchev–Trinajstić information content (AvgIpc) is 2.69. The van der Waals surface area contributed by atoms with Gasteiger partial charge in [-0.15, -0.1) is 0 Å². The fourth-order valence-electron chi connectivity index (χ4n) is 3.19. The van der Waals surface area contributed by atoms with Crippen molar-refractivity contribution in [1.82, 2.24) is 4.31 Å². The Balaban J connectivity index is 1.70. The molecule has 6 nitrogen and oxygen atoms in total. The summed E-state index contributed by atoms with van der Waals surface area (Å²) in [7, 11) is -3.55. The van der Waals surface area contributed by atoms with Gasteiger partial charge in [-0.2, -0.15) is 4.31 Å². The number of amides is 1. The van der Waals surface area contributed by atoms with Crippen LogP contribution in [0.4, 0.5) is 5.69 Å². The molecule has 1 aliphatic heterocycles. The smallest absolute Gasteiger partial charge is 0.262 e. The summed E-state index contributed by atoms with van der Waals surface area (Å²) in [5, 5.41) is 2.76. The van der Waals surface area contributed by atoms with E-state index in [9.17, 15) is 13.2 Å². The Morgan fingerprint density at radius 3 is 2.54 bits per heavy atom. The lowest BCUT2D eigenvalue weighted by molar-refractivity contribution is -0.118. The highest BCUT2D eigenvalue weighted by atomic mass is 32.2. The van der Waals surface area contributed by atoms with Gasteiger partial charge in [0.05, 0.1) is 4.90 Å². The lowest BCUT2D eigenvalue weighted by Crippen LogP contribution is -2.35. The van der Waals surface area contributed by atoms with E-state index in [4.69, 9.17) is 4.74 Å². The molecule has 0 atom stereocenters. The Labute approximate surface area is 166 Å². The third-order valence-electron chi connectivity index (χ3n) is 4.80. The maximum atomic E-state index is 12.9. The molecule has 1 aliphatic rings. The highest BCUT2D eigenvalue weighted by Crippen LogP contribution is 2.25. The molecule has 1 N–H and O–H groups in total. The SMILES string of the molecule is Cc1cccc(OCC(=O)Nc2cc(S(=O)(=O)N3CCCCC3)ccc2C)c1. The number of hydrogen-bond donors (Lipinski definition) is 1. The van der Waals surface area contributed by atoms with Gasteiger partial charge in [-0.1, -0.05) is 24.6 Å². The van der Waals surface area contributed by atoms with Gasteiger partial charge < -0.3 is 10.1 Å². The number of hydrogen-bond acceptors (Lipinski definition) is 4. The lowest BCUT2D eigenvalue weighted by atomic mass is 10.2. The number of carbonyl (C=O) groups excluding carboxylic acids is 1. The molecule has 3 rings (SSSR count). The first kappa shape index (κ1) is 20.4. The quantitative estimate of drug-likeness (QED) is 0.802. The Kier molecular flexibility index (Phi) is 6.36. The second-order valence-electron chi connectivity index (χ2n) is 7.09. The first-order valence-electron chi connectivity index (χ1n) is 9.46. The van der Waals surface area contributed by atoms with E-state index in [1.807, 2.05) is 32.0 Å². The molecular formula is C21H26N2O4S. The summed E-state index contributed by atoms with van der Waals surface area (Å²) in [6, 6.07) is 12.3. The van der Waals surface area contributed by atoms with Crippen LogP contribution in [0.1, 0.15) is 30.4 Å². The highest BCUT2D eigenvalue weighted by molar-refractivity contribution is 7.89. The summed E-state index contributed by atoms with van der Waals surface area (Å²) >= 11 is 0. The molecule has 0 aliphatic carbocycles. The average molecular weight is 403 g/mol. The normalized spacial score (nSPS) is 15.2. The standard InChI is InChI=1S/C21H26N2O4S/c1-16-7-6-8-18(13-16)27-15-21(24)22-20-14-19(10-9-17(20)2)28(25,26)23-11-4-3-5-12-23/h6-10,13-14H,3-5,11-12,15H2,1-2H3,(H,22,24). The van der Waals surface area contributed by atoms with E-state index >= 15 is 0 Å². The van der Waals surface area contributed by atoms with Crippen LogP contribution in [-0.4, -0.2) is 38.3 Å². The molecule has 0 unspecified atom stereocenters. The van der Waals surface area contributed by atoms with E-state index in [2.05, 4.69) is 5.32 Å². The molecule has 150 valence electrons. The van der Waals surface area contributed by atoms with Gasteiger partial charge in [-0.25, -0.2) is 8.42 Å². The first-order valence-corrected chi connectivity index (χ1v) is 10.9. The number of nitrogens with zero attached hydrogens (tertiary/aromatic N) is 1. The van der Waals surface area contributed by atoms with Gasteiger partial charge in [0.1, 0.15) is 5.75 Å². The maximum absolute atomic E-state index is 12.9. The van der Waals surface area contributed by atoms with Crippen LogP contribution >= 0.6 is 0 Å². The molecule has 0 spiro atoms. The van der Waals surface area contributed by atoms with Crippen molar-refractivity contribution >= 4 is 21.6 Å². The Hall–Kier alpha value is -2.38. The van der Waals surface area contributed by atoms with E-state index in [0.29, 0.717) is 24.5 Å². The van der Waals surface area contributed by atoms with Gasteiger partial charge in [-0.05, 0) is 62.1 Å². The van der Waals surface area contributed by atoms with Crippen molar-refractivity contribution in [2.24, 2.45) is 0 Å². The van der Waals surface area contributed by atoms with Crippen LogP contribution in [0.2, 0.25) is 0 Å². The third kappa shape index (κ3) is 4.91. The molecule has 1 fully saturated rings. The van der Waals surface area contributed by atoms with Crippen LogP contribution in [0.5, 0.6) is 5.75 Å². The number of nitrogens with one attached hydrogen (secondary N) is 1. The molecule has 1 saturated heterocycles. The fraction of sp³-hybridized carbons (Fsp3) is 0.381. The molecule has 0 saturated carbocycles. The van der Waals surface area contributed by atoms with Crippen LogP contribution in [0, 0.1) is 13.8 Å². The zero-order valence-corrected chi connectivity index (χ0v) is 17.1. The number of carbonyl (C=O) groups is 1. The van der Waals surface area contributed by atoms with Crippen molar-refractivity contribution in [3.63, 3.8) is 0 Å². The molecular weight excluding hydrogens is 376 g/mol. The number of aryl methyl sites for hydroxylation is 2. The molecule has 0 aromatic heterocycles. The number of benzene rings is 2. The van der Waals surface area contributed by atoms with Crippen LogP contribution in [0.15, 0.2) is 47.4 Å². The van der Waals surface area contributed by atoms with Gasteiger partial charge in [0.25, 0.3) is 5.91 Å². The minimum absolute atomic E-state index is 0.147. The zero-order valence-electron chi connectivity index (χ0n) is 16.3. The van der Waals surface area contributed by atoms with Gasteiger partial charge in [0.15, 0.2) is 6.61 Å². The second kappa shape index (κ2) is 8.75. The summed E-state index contributed by atoms with van der Waals surface area (Å²) in [5.41, 5.74) is 2.32. The third-order valence-corrected chi connectivity index (χ3v) is 6.69. The monoisotopic (exact) mass is 402 g/mol. The van der Waals surface area contributed by atoms with Crippen LogP contribution in [0.25, 0.3) is 0 Å². The molecule has 0 radical (unpaired) electrons. The summed E-state index contributed by atoms with van der Waals surface area (Å²) in [4.78, 5) is 12.5. The van der Waals surface area contributed by atoms with Crippen molar-refractivity contribution in [2.75, 3.05) is 25.0 Å². The minimum Gasteiger partial charge on any atom is -0.484 e. The summed E-state index contributed by atoms with van der Waals surface area (Å²) in [6.07, 6.45) is 2.82. The van der Waals surface area contributed by atoms with Gasteiger partial charge in [0, 0.05) is 18.8 Å². The van der Waals surface area contributed by atoms with Gasteiger partial charge >= 0.3 is 0 Å². The Morgan fingerprint density at radius 2 is 1.82 bits per heavy atom. The van der Waals surface area contributed by atoms with Crippen molar-refractivity contribution < 1.29 is 17.9 Å². The number of sulfonamides is 1. The van der Waals surface area contributed by atoms with Crippen LogP contribution < -0.4 is 10.1 Å². The predicted octanol–water partition coefficient (Wildman–Crippen LogP) is 3.50. The molecule has 7 heteroatoms. The maximum Gasteiger partial charge on any atom is 0.262 e. The number of ether oxygens (including phenoxy) is 1. The summed E-state index contributed by atoms with van der Waals surface area (Å²) in [6.45, 7) is 4.72. The van der Waals surface area contributed by atoms with Gasteiger partial charge in [-0.3, -0.25) is 4.79 Å². The largest absolute Gasteiger partial charge is 0.484 e.